The van der Waals surface area contributed by atoms with Gasteiger partial charge in [0, 0.05) is 18.0 Å². The van der Waals surface area contributed by atoms with E-state index in [1.54, 1.807) is 16.8 Å². The van der Waals surface area contributed by atoms with Crippen molar-refractivity contribution < 1.29 is 4.74 Å². The number of hydrogen-bond acceptors (Lipinski definition) is 7. The van der Waals surface area contributed by atoms with Gasteiger partial charge in [0.05, 0.1) is 9.99 Å². The first kappa shape index (κ1) is 17.8. The number of halogens is 2. The Morgan fingerprint density at radius 2 is 1.83 bits per heavy atom. The maximum atomic E-state index is 6.12. The first-order valence-corrected chi connectivity index (χ1v) is 9.64. The molecule has 0 aliphatic rings. The lowest BCUT2D eigenvalue weighted by molar-refractivity contribution is 0.482. The Kier molecular flexibility index (Phi) is 4.45. The summed E-state index contributed by atoms with van der Waals surface area (Å²) >= 11 is 9.48. The van der Waals surface area contributed by atoms with E-state index in [1.165, 1.54) is 12.7 Å². The zero-order chi connectivity index (χ0) is 19.8. The number of aromatic nitrogens is 6. The average Bonchev–Trinajstić information content (AvgIpc) is 3.19. The van der Waals surface area contributed by atoms with Crippen LogP contribution in [-0.2, 0) is 0 Å². The highest BCUT2D eigenvalue weighted by molar-refractivity contribution is 9.10. The zero-order valence-corrected chi connectivity index (χ0v) is 17.0. The standard InChI is InChI=1S/C19H11BrClN7O/c20-14-8-15-17(27-18(14)21)19(24-9-22-15)26-11-1-3-12(4-2-11)29-13-5-6-28-16(7-13)23-10-25-28/h1-10H,(H,22,24,26). The van der Waals surface area contributed by atoms with Gasteiger partial charge in [-0.3, -0.25) is 0 Å². The van der Waals surface area contributed by atoms with Crippen molar-refractivity contribution >= 4 is 55.7 Å². The summed E-state index contributed by atoms with van der Waals surface area (Å²) in [6.45, 7) is 0. The van der Waals surface area contributed by atoms with Crippen LogP contribution in [0.15, 0.2) is 65.8 Å². The summed E-state index contributed by atoms with van der Waals surface area (Å²) < 4.78 is 8.24. The number of nitrogens with one attached hydrogen (secondary N) is 1. The summed E-state index contributed by atoms with van der Waals surface area (Å²) in [6, 6.07) is 12.9. The second kappa shape index (κ2) is 7.26. The number of benzene rings is 1. The third kappa shape index (κ3) is 3.57. The molecular formula is C19H11BrClN7O. The van der Waals surface area contributed by atoms with Gasteiger partial charge in [-0.15, -0.1) is 0 Å². The summed E-state index contributed by atoms with van der Waals surface area (Å²) in [5.74, 6) is 1.94. The van der Waals surface area contributed by atoms with E-state index in [2.05, 4.69) is 46.3 Å². The van der Waals surface area contributed by atoms with Crippen molar-refractivity contribution in [2.45, 2.75) is 0 Å². The van der Waals surface area contributed by atoms with Gasteiger partial charge in [0.1, 0.15) is 34.8 Å². The van der Waals surface area contributed by atoms with Crippen LogP contribution in [0.1, 0.15) is 0 Å². The summed E-state index contributed by atoms with van der Waals surface area (Å²) in [5, 5.41) is 7.66. The van der Waals surface area contributed by atoms with E-state index in [9.17, 15) is 0 Å². The van der Waals surface area contributed by atoms with Crippen LogP contribution in [-0.4, -0.2) is 29.5 Å². The molecule has 0 fully saturated rings. The highest BCUT2D eigenvalue weighted by atomic mass is 79.9. The normalized spacial score (nSPS) is 11.1. The molecule has 0 radical (unpaired) electrons. The monoisotopic (exact) mass is 467 g/mol. The Balaban J connectivity index is 1.38. The molecule has 1 aromatic carbocycles. The number of fused-ring (bicyclic) bond motifs is 2. The Hall–Kier alpha value is -3.30. The minimum absolute atomic E-state index is 0.351. The van der Waals surface area contributed by atoms with Gasteiger partial charge in [-0.1, -0.05) is 11.6 Å². The molecule has 8 nitrogen and oxygen atoms in total. The molecule has 0 saturated heterocycles. The minimum atomic E-state index is 0.351. The van der Waals surface area contributed by atoms with Gasteiger partial charge in [-0.05, 0) is 52.3 Å². The molecule has 0 spiro atoms. The highest BCUT2D eigenvalue weighted by Crippen LogP contribution is 2.29. The third-order valence-electron chi connectivity index (χ3n) is 4.13. The van der Waals surface area contributed by atoms with Crippen LogP contribution >= 0.6 is 27.5 Å². The van der Waals surface area contributed by atoms with E-state index in [0.717, 1.165) is 5.69 Å². The molecule has 0 aliphatic carbocycles. The molecule has 0 amide bonds. The average molecular weight is 469 g/mol. The molecule has 10 heteroatoms. The van der Waals surface area contributed by atoms with E-state index in [1.807, 2.05) is 36.4 Å². The van der Waals surface area contributed by atoms with Gasteiger partial charge < -0.3 is 10.1 Å². The molecule has 0 saturated carbocycles. The quantitative estimate of drug-likeness (QED) is 0.370. The van der Waals surface area contributed by atoms with Gasteiger partial charge in [0.25, 0.3) is 0 Å². The van der Waals surface area contributed by atoms with Crippen LogP contribution in [0, 0.1) is 0 Å². The number of rotatable bonds is 4. The van der Waals surface area contributed by atoms with Gasteiger partial charge in [0.2, 0.25) is 0 Å². The molecule has 5 rings (SSSR count). The van der Waals surface area contributed by atoms with Crippen molar-refractivity contribution in [3.05, 3.63) is 70.9 Å². The zero-order valence-electron chi connectivity index (χ0n) is 14.6. The van der Waals surface area contributed by atoms with Crippen LogP contribution < -0.4 is 10.1 Å². The number of hydrogen-bond donors (Lipinski definition) is 1. The van der Waals surface area contributed by atoms with Crippen LogP contribution in [0.3, 0.4) is 0 Å². The molecule has 5 aromatic rings. The Morgan fingerprint density at radius 1 is 0.966 bits per heavy atom. The number of pyridine rings is 2. The first-order chi connectivity index (χ1) is 14.2. The van der Waals surface area contributed by atoms with E-state index in [0.29, 0.717) is 43.6 Å². The lowest BCUT2D eigenvalue weighted by Crippen LogP contribution is -1.98. The molecule has 1 N–H and O–H groups in total. The van der Waals surface area contributed by atoms with Crippen molar-refractivity contribution in [1.82, 2.24) is 29.5 Å². The number of nitrogens with zero attached hydrogens (tertiary/aromatic N) is 6. The molecule has 29 heavy (non-hydrogen) atoms. The molecule has 4 aromatic heterocycles. The summed E-state index contributed by atoms with van der Waals surface area (Å²) in [5.41, 5.74) is 2.81. The van der Waals surface area contributed by atoms with Crippen LogP contribution in [0.5, 0.6) is 11.5 Å². The fourth-order valence-corrected chi connectivity index (χ4v) is 3.21. The van der Waals surface area contributed by atoms with Gasteiger partial charge in [-0.2, -0.15) is 5.10 Å². The Labute approximate surface area is 177 Å². The molecular weight excluding hydrogens is 458 g/mol. The van der Waals surface area contributed by atoms with E-state index in [-0.39, 0.29) is 0 Å². The smallest absolute Gasteiger partial charge is 0.160 e. The van der Waals surface area contributed by atoms with Crippen molar-refractivity contribution in [1.29, 1.82) is 0 Å². The maximum absolute atomic E-state index is 6.12. The highest BCUT2D eigenvalue weighted by Gasteiger charge is 2.10. The summed E-state index contributed by atoms with van der Waals surface area (Å²) in [7, 11) is 0. The first-order valence-electron chi connectivity index (χ1n) is 8.47. The molecule has 142 valence electrons. The lowest BCUT2D eigenvalue weighted by Gasteiger charge is -2.10. The third-order valence-corrected chi connectivity index (χ3v) is 5.25. The Morgan fingerprint density at radius 3 is 2.69 bits per heavy atom. The van der Waals surface area contributed by atoms with Crippen LogP contribution in [0.4, 0.5) is 11.5 Å². The van der Waals surface area contributed by atoms with Crippen molar-refractivity contribution in [3.8, 4) is 11.5 Å². The molecule has 0 aliphatic heterocycles. The maximum Gasteiger partial charge on any atom is 0.160 e. The van der Waals surface area contributed by atoms with Crippen LogP contribution in [0.2, 0.25) is 5.15 Å². The number of anilines is 2. The van der Waals surface area contributed by atoms with E-state index in [4.69, 9.17) is 16.3 Å². The largest absolute Gasteiger partial charge is 0.457 e. The predicted molar refractivity (Wildman–Crippen MR) is 113 cm³/mol. The summed E-state index contributed by atoms with van der Waals surface area (Å²) in [6.07, 6.45) is 4.77. The second-order valence-corrected chi connectivity index (χ2v) is 7.24. The van der Waals surface area contributed by atoms with Crippen molar-refractivity contribution in [2.75, 3.05) is 5.32 Å². The lowest BCUT2D eigenvalue weighted by atomic mass is 10.3. The fourth-order valence-electron chi connectivity index (χ4n) is 2.77. The van der Waals surface area contributed by atoms with E-state index >= 15 is 0 Å². The Bertz CT molecular complexity index is 1340. The molecule has 0 atom stereocenters. The molecule has 0 unspecified atom stereocenters. The second-order valence-electron chi connectivity index (χ2n) is 6.03. The fraction of sp³-hybridized carbons (Fsp3) is 0. The van der Waals surface area contributed by atoms with Crippen molar-refractivity contribution in [3.63, 3.8) is 0 Å². The number of ether oxygens (including phenoxy) is 1. The topological polar surface area (TPSA) is 90.1 Å². The predicted octanol–water partition coefficient (Wildman–Crippen LogP) is 5.02. The molecule has 0 bridgehead atoms. The summed E-state index contributed by atoms with van der Waals surface area (Å²) in [4.78, 5) is 17.0. The van der Waals surface area contributed by atoms with Gasteiger partial charge >= 0.3 is 0 Å². The van der Waals surface area contributed by atoms with Gasteiger partial charge in [0.15, 0.2) is 11.5 Å². The minimum Gasteiger partial charge on any atom is -0.457 e. The SMILES string of the molecule is Clc1nc2c(Nc3ccc(Oc4ccn5ncnc5c4)cc3)ncnc2cc1Br. The van der Waals surface area contributed by atoms with E-state index < -0.39 is 0 Å². The van der Waals surface area contributed by atoms with Crippen LogP contribution in [0.25, 0.3) is 16.7 Å². The van der Waals surface area contributed by atoms with Gasteiger partial charge in [-0.25, -0.2) is 24.5 Å². The van der Waals surface area contributed by atoms with Crippen molar-refractivity contribution in [2.24, 2.45) is 0 Å². The molecule has 4 heterocycles.